The van der Waals surface area contributed by atoms with Crippen LogP contribution >= 0.6 is 0 Å². The first kappa shape index (κ1) is 13.9. The van der Waals surface area contributed by atoms with E-state index in [-0.39, 0.29) is 28.8 Å². The molecule has 0 aromatic carbocycles. The number of hydrogen-bond acceptors (Lipinski definition) is 3. The van der Waals surface area contributed by atoms with E-state index >= 15 is 0 Å². The van der Waals surface area contributed by atoms with Crippen molar-refractivity contribution in [2.24, 2.45) is 5.92 Å². The molecule has 0 aliphatic carbocycles. The zero-order chi connectivity index (χ0) is 15.0. The van der Waals surface area contributed by atoms with Crippen molar-refractivity contribution < 1.29 is 9.59 Å². The molecule has 112 valence electrons. The maximum atomic E-state index is 12.5. The zero-order valence-corrected chi connectivity index (χ0v) is 12.0. The van der Waals surface area contributed by atoms with Crippen LogP contribution in [0.5, 0.6) is 0 Å². The van der Waals surface area contributed by atoms with Gasteiger partial charge in [0.2, 0.25) is 5.91 Å². The van der Waals surface area contributed by atoms with Crippen molar-refractivity contribution in [3.63, 3.8) is 0 Å². The molecule has 6 heteroatoms. The summed E-state index contributed by atoms with van der Waals surface area (Å²) in [7, 11) is 0. The summed E-state index contributed by atoms with van der Waals surface area (Å²) in [5.41, 5.74) is 0.694. The van der Waals surface area contributed by atoms with Crippen LogP contribution in [0.4, 0.5) is 0 Å². The minimum absolute atomic E-state index is 0.103. The number of fused-ring (bicyclic) bond motifs is 1. The molecule has 2 atom stereocenters. The zero-order valence-electron chi connectivity index (χ0n) is 12.0. The fourth-order valence-electron chi connectivity index (χ4n) is 3.21. The number of nitrogens with one attached hydrogen (secondary N) is 2. The van der Waals surface area contributed by atoms with E-state index in [0.717, 1.165) is 18.5 Å². The molecule has 3 rings (SSSR count). The summed E-state index contributed by atoms with van der Waals surface area (Å²) in [5, 5.41) is 2.99. The normalized spacial score (nSPS) is 25.2. The molecule has 3 heterocycles. The highest BCUT2D eigenvalue weighted by Crippen LogP contribution is 2.25. The van der Waals surface area contributed by atoms with E-state index in [2.05, 4.69) is 10.3 Å². The van der Waals surface area contributed by atoms with Gasteiger partial charge in [0, 0.05) is 43.5 Å². The standard InChI is InChI=1S/C15H19N3O3/c1-9-6-13(19)11(7-16-9)15(21)18-5-4-12-10(8-18)2-3-14(20)17-12/h6-7,10,12H,2-5,8H2,1H3,(H,16,19)(H,17,20). The number of pyridine rings is 1. The maximum Gasteiger partial charge on any atom is 0.259 e. The van der Waals surface area contributed by atoms with E-state index in [1.807, 2.05) is 0 Å². The molecule has 21 heavy (non-hydrogen) atoms. The first-order valence-corrected chi connectivity index (χ1v) is 7.32. The molecule has 1 aromatic rings. The van der Waals surface area contributed by atoms with Crippen molar-refractivity contribution in [3.05, 3.63) is 33.7 Å². The summed E-state index contributed by atoms with van der Waals surface area (Å²) in [6.07, 6.45) is 3.58. The SMILES string of the molecule is Cc1cc(=O)c(C(=O)N2CCC3NC(=O)CCC3C2)c[nH]1. The van der Waals surface area contributed by atoms with Crippen LogP contribution in [0.3, 0.4) is 0 Å². The Morgan fingerprint density at radius 1 is 1.33 bits per heavy atom. The van der Waals surface area contributed by atoms with Crippen LogP contribution in [0.25, 0.3) is 0 Å². The van der Waals surface area contributed by atoms with E-state index in [4.69, 9.17) is 0 Å². The van der Waals surface area contributed by atoms with Crippen LogP contribution in [0.1, 0.15) is 35.3 Å². The Balaban J connectivity index is 1.74. The number of aryl methyl sites for hydroxylation is 1. The Bertz CT molecular complexity index is 637. The van der Waals surface area contributed by atoms with Crippen molar-refractivity contribution in [1.29, 1.82) is 0 Å². The van der Waals surface area contributed by atoms with Crippen molar-refractivity contribution in [1.82, 2.24) is 15.2 Å². The molecule has 2 fully saturated rings. The summed E-state index contributed by atoms with van der Waals surface area (Å²) in [6.45, 7) is 2.97. The average molecular weight is 289 g/mol. The molecule has 2 amide bonds. The number of piperidine rings is 2. The second-order valence-electron chi connectivity index (χ2n) is 5.91. The Kier molecular flexibility index (Phi) is 3.53. The van der Waals surface area contributed by atoms with E-state index in [1.54, 1.807) is 11.8 Å². The minimum atomic E-state index is -0.240. The smallest absolute Gasteiger partial charge is 0.259 e. The van der Waals surface area contributed by atoms with Gasteiger partial charge in [0.05, 0.1) is 0 Å². The number of aromatic amines is 1. The highest BCUT2D eigenvalue weighted by Gasteiger charge is 2.35. The van der Waals surface area contributed by atoms with Gasteiger partial charge in [0.1, 0.15) is 5.56 Å². The van der Waals surface area contributed by atoms with Gasteiger partial charge in [0.25, 0.3) is 5.91 Å². The molecule has 0 bridgehead atoms. The molecule has 0 radical (unpaired) electrons. The number of carbonyl (C=O) groups excluding carboxylic acids is 2. The van der Waals surface area contributed by atoms with Crippen LogP contribution < -0.4 is 10.7 Å². The summed E-state index contributed by atoms with van der Waals surface area (Å²) in [5.74, 6) is 0.183. The van der Waals surface area contributed by atoms with E-state index in [1.165, 1.54) is 12.3 Å². The van der Waals surface area contributed by atoms with Crippen molar-refractivity contribution in [2.75, 3.05) is 13.1 Å². The third-order valence-corrected chi connectivity index (χ3v) is 4.40. The van der Waals surface area contributed by atoms with Gasteiger partial charge in [0.15, 0.2) is 5.43 Å². The van der Waals surface area contributed by atoms with Gasteiger partial charge in [-0.25, -0.2) is 0 Å². The lowest BCUT2D eigenvalue weighted by Gasteiger charge is -2.41. The lowest BCUT2D eigenvalue weighted by Crippen LogP contribution is -2.55. The molecule has 2 N–H and O–H groups in total. The monoisotopic (exact) mass is 289 g/mol. The van der Waals surface area contributed by atoms with Crippen molar-refractivity contribution in [3.8, 4) is 0 Å². The molecule has 6 nitrogen and oxygen atoms in total. The number of likely N-dealkylation sites (tertiary alicyclic amines) is 1. The van der Waals surface area contributed by atoms with Crippen LogP contribution in [0.2, 0.25) is 0 Å². The Hall–Kier alpha value is -2.11. The van der Waals surface area contributed by atoms with Crippen LogP contribution in [-0.4, -0.2) is 40.8 Å². The minimum Gasteiger partial charge on any atom is -0.364 e. The number of aromatic nitrogens is 1. The van der Waals surface area contributed by atoms with Gasteiger partial charge in [-0.3, -0.25) is 14.4 Å². The van der Waals surface area contributed by atoms with Gasteiger partial charge >= 0.3 is 0 Å². The quantitative estimate of drug-likeness (QED) is 0.786. The molecule has 0 saturated carbocycles. The molecular weight excluding hydrogens is 270 g/mol. The number of carbonyl (C=O) groups is 2. The van der Waals surface area contributed by atoms with E-state index in [9.17, 15) is 14.4 Å². The van der Waals surface area contributed by atoms with Gasteiger partial charge in [-0.2, -0.15) is 0 Å². The second-order valence-corrected chi connectivity index (χ2v) is 5.91. The highest BCUT2D eigenvalue weighted by atomic mass is 16.2. The summed E-state index contributed by atoms with van der Waals surface area (Å²) in [6, 6.07) is 1.62. The molecular formula is C15H19N3O3. The first-order valence-electron chi connectivity index (χ1n) is 7.32. The number of H-pyrrole nitrogens is 1. The lowest BCUT2D eigenvalue weighted by molar-refractivity contribution is -0.125. The number of hydrogen-bond donors (Lipinski definition) is 2. The predicted octanol–water partition coefficient (Wildman–Crippen LogP) is 0.424. The average Bonchev–Trinajstić information content (AvgIpc) is 2.46. The van der Waals surface area contributed by atoms with E-state index in [0.29, 0.717) is 25.4 Å². The van der Waals surface area contributed by atoms with Crippen molar-refractivity contribution >= 4 is 11.8 Å². The molecule has 1 aromatic heterocycles. The summed E-state index contributed by atoms with van der Waals surface area (Å²) < 4.78 is 0. The maximum absolute atomic E-state index is 12.5. The topological polar surface area (TPSA) is 82.3 Å². The Labute approximate surface area is 122 Å². The second kappa shape index (κ2) is 5.35. The number of nitrogens with zero attached hydrogens (tertiary/aromatic N) is 1. The number of amides is 2. The van der Waals surface area contributed by atoms with Gasteiger partial charge in [-0.05, 0) is 25.7 Å². The summed E-state index contributed by atoms with van der Waals surface area (Å²) >= 11 is 0. The van der Waals surface area contributed by atoms with Crippen LogP contribution in [-0.2, 0) is 4.79 Å². The first-order chi connectivity index (χ1) is 10.0. The van der Waals surface area contributed by atoms with Gasteiger partial charge in [-0.15, -0.1) is 0 Å². The molecule has 2 aliphatic rings. The van der Waals surface area contributed by atoms with Crippen molar-refractivity contribution in [2.45, 2.75) is 32.2 Å². The molecule has 2 unspecified atom stereocenters. The molecule has 2 saturated heterocycles. The van der Waals surface area contributed by atoms with Crippen LogP contribution in [0, 0.1) is 12.8 Å². The largest absolute Gasteiger partial charge is 0.364 e. The summed E-state index contributed by atoms with van der Waals surface area (Å²) in [4.78, 5) is 40.5. The fraction of sp³-hybridized carbons (Fsp3) is 0.533. The third kappa shape index (κ3) is 2.70. The Morgan fingerprint density at radius 3 is 2.90 bits per heavy atom. The highest BCUT2D eigenvalue weighted by molar-refractivity contribution is 5.94. The predicted molar refractivity (Wildman–Crippen MR) is 77.0 cm³/mol. The molecule has 0 spiro atoms. The molecule has 2 aliphatic heterocycles. The van der Waals surface area contributed by atoms with E-state index < -0.39 is 0 Å². The third-order valence-electron chi connectivity index (χ3n) is 4.40. The van der Waals surface area contributed by atoms with Gasteiger partial charge < -0.3 is 15.2 Å². The fourth-order valence-corrected chi connectivity index (χ4v) is 3.21. The Morgan fingerprint density at radius 2 is 2.14 bits per heavy atom. The lowest BCUT2D eigenvalue weighted by atomic mass is 9.85. The number of rotatable bonds is 1. The van der Waals surface area contributed by atoms with Crippen LogP contribution in [0.15, 0.2) is 17.1 Å². The van der Waals surface area contributed by atoms with Gasteiger partial charge in [-0.1, -0.05) is 0 Å².